The molecule has 5 nitrogen and oxygen atoms in total. The summed E-state index contributed by atoms with van der Waals surface area (Å²) in [5.41, 5.74) is 1.24. The smallest absolute Gasteiger partial charge is 0.227 e. The highest BCUT2D eigenvalue weighted by Gasteiger charge is 2.29. The zero-order valence-electron chi connectivity index (χ0n) is 11.8. The van der Waals surface area contributed by atoms with Gasteiger partial charge in [-0.3, -0.25) is 14.7 Å². The number of hydrogen-bond acceptors (Lipinski definition) is 4. The molecule has 1 N–H and O–H groups in total. The molecule has 0 spiro atoms. The lowest BCUT2D eigenvalue weighted by atomic mass is 10.1. The Kier molecular flexibility index (Phi) is 4.28. The van der Waals surface area contributed by atoms with Crippen LogP contribution in [-0.2, 0) is 11.3 Å². The van der Waals surface area contributed by atoms with Crippen molar-refractivity contribution >= 4 is 5.91 Å². The minimum Gasteiger partial charge on any atom is -0.340 e. The van der Waals surface area contributed by atoms with Crippen LogP contribution in [0.4, 0.5) is 0 Å². The third-order valence-electron chi connectivity index (χ3n) is 4.22. The fraction of sp³-hybridized carbons (Fsp3) is 0.600. The summed E-state index contributed by atoms with van der Waals surface area (Å²) in [7, 11) is 0. The maximum Gasteiger partial charge on any atom is 0.227 e. The first-order valence-electron chi connectivity index (χ1n) is 7.44. The van der Waals surface area contributed by atoms with E-state index in [1.54, 1.807) is 6.20 Å². The summed E-state index contributed by atoms with van der Waals surface area (Å²) in [6, 6.07) is 4.08. The Morgan fingerprint density at radius 1 is 1.35 bits per heavy atom. The zero-order valence-corrected chi connectivity index (χ0v) is 11.8. The van der Waals surface area contributed by atoms with E-state index < -0.39 is 0 Å². The molecule has 1 aromatic heterocycles. The van der Waals surface area contributed by atoms with Crippen molar-refractivity contribution in [3.63, 3.8) is 0 Å². The van der Waals surface area contributed by atoms with Gasteiger partial charge in [-0.15, -0.1) is 0 Å². The van der Waals surface area contributed by atoms with E-state index in [1.165, 1.54) is 5.56 Å². The van der Waals surface area contributed by atoms with Crippen molar-refractivity contribution < 1.29 is 4.79 Å². The summed E-state index contributed by atoms with van der Waals surface area (Å²) in [6.07, 6.45) is 4.71. The topological polar surface area (TPSA) is 48.5 Å². The SMILES string of the molecule is O=C(C1CCNC1)N1CCN(Cc2cccnc2)CC1. The molecule has 3 heterocycles. The van der Waals surface area contributed by atoms with Crippen LogP contribution in [0.5, 0.6) is 0 Å². The van der Waals surface area contributed by atoms with Gasteiger partial charge < -0.3 is 10.2 Å². The van der Waals surface area contributed by atoms with Gasteiger partial charge in [0.25, 0.3) is 0 Å². The lowest BCUT2D eigenvalue weighted by Crippen LogP contribution is -2.50. The number of piperazine rings is 1. The fourth-order valence-electron chi connectivity index (χ4n) is 3.00. The molecule has 2 saturated heterocycles. The number of nitrogens with one attached hydrogen (secondary N) is 1. The number of nitrogens with zero attached hydrogens (tertiary/aromatic N) is 3. The lowest BCUT2D eigenvalue weighted by Gasteiger charge is -2.35. The number of carbonyl (C=O) groups excluding carboxylic acids is 1. The van der Waals surface area contributed by atoms with Crippen molar-refractivity contribution in [2.24, 2.45) is 5.92 Å². The monoisotopic (exact) mass is 274 g/mol. The molecule has 0 radical (unpaired) electrons. The second kappa shape index (κ2) is 6.33. The summed E-state index contributed by atoms with van der Waals surface area (Å²) in [4.78, 5) is 20.9. The molecule has 2 fully saturated rings. The Morgan fingerprint density at radius 2 is 2.20 bits per heavy atom. The molecule has 1 unspecified atom stereocenters. The predicted octanol–water partition coefficient (Wildman–Crippen LogP) is 0.335. The number of pyridine rings is 1. The van der Waals surface area contributed by atoms with Crippen LogP contribution >= 0.6 is 0 Å². The van der Waals surface area contributed by atoms with Crippen molar-refractivity contribution in [3.05, 3.63) is 30.1 Å². The van der Waals surface area contributed by atoms with Gasteiger partial charge in [-0.1, -0.05) is 6.07 Å². The maximum atomic E-state index is 12.3. The average Bonchev–Trinajstić information content (AvgIpc) is 3.03. The van der Waals surface area contributed by atoms with Crippen LogP contribution < -0.4 is 5.32 Å². The largest absolute Gasteiger partial charge is 0.340 e. The van der Waals surface area contributed by atoms with Crippen LogP contribution in [0.1, 0.15) is 12.0 Å². The van der Waals surface area contributed by atoms with Gasteiger partial charge in [-0.05, 0) is 24.6 Å². The summed E-state index contributed by atoms with van der Waals surface area (Å²) < 4.78 is 0. The molecule has 20 heavy (non-hydrogen) atoms. The van der Waals surface area contributed by atoms with E-state index in [4.69, 9.17) is 0 Å². The first-order chi connectivity index (χ1) is 9.83. The van der Waals surface area contributed by atoms with Gasteiger partial charge in [-0.25, -0.2) is 0 Å². The quantitative estimate of drug-likeness (QED) is 0.863. The lowest BCUT2D eigenvalue weighted by molar-refractivity contribution is -0.136. The first-order valence-corrected chi connectivity index (χ1v) is 7.44. The van der Waals surface area contributed by atoms with Crippen molar-refractivity contribution in [1.29, 1.82) is 0 Å². The van der Waals surface area contributed by atoms with Crippen LogP contribution in [0.25, 0.3) is 0 Å². The summed E-state index contributed by atoms with van der Waals surface area (Å²) in [6.45, 7) is 6.40. The average molecular weight is 274 g/mol. The number of carbonyl (C=O) groups is 1. The fourth-order valence-corrected chi connectivity index (χ4v) is 3.00. The third kappa shape index (κ3) is 3.16. The first kappa shape index (κ1) is 13.5. The van der Waals surface area contributed by atoms with E-state index in [-0.39, 0.29) is 5.92 Å². The van der Waals surface area contributed by atoms with Gasteiger partial charge >= 0.3 is 0 Å². The predicted molar refractivity (Wildman–Crippen MR) is 77.1 cm³/mol. The zero-order chi connectivity index (χ0) is 13.8. The molecule has 2 aliphatic rings. The summed E-state index contributed by atoms with van der Waals surface area (Å²) in [5.74, 6) is 0.552. The van der Waals surface area contributed by atoms with Gasteiger partial charge in [0, 0.05) is 51.7 Å². The number of amides is 1. The molecule has 0 bridgehead atoms. The highest BCUT2D eigenvalue weighted by Crippen LogP contribution is 2.14. The molecule has 1 aromatic rings. The van der Waals surface area contributed by atoms with Crippen molar-refractivity contribution in [3.8, 4) is 0 Å². The van der Waals surface area contributed by atoms with E-state index in [1.807, 2.05) is 17.2 Å². The Balaban J connectivity index is 1.48. The molecule has 2 aliphatic heterocycles. The second-order valence-corrected chi connectivity index (χ2v) is 5.65. The van der Waals surface area contributed by atoms with Gasteiger partial charge in [0.1, 0.15) is 0 Å². The molecule has 1 amide bonds. The minimum absolute atomic E-state index is 0.208. The Morgan fingerprint density at radius 3 is 2.85 bits per heavy atom. The minimum atomic E-state index is 0.208. The third-order valence-corrected chi connectivity index (χ3v) is 4.22. The van der Waals surface area contributed by atoms with Crippen LogP contribution in [0.15, 0.2) is 24.5 Å². The molecular weight excluding hydrogens is 252 g/mol. The van der Waals surface area contributed by atoms with E-state index >= 15 is 0 Å². The highest BCUT2D eigenvalue weighted by molar-refractivity contribution is 5.79. The molecule has 5 heteroatoms. The van der Waals surface area contributed by atoms with Gasteiger partial charge in [0.15, 0.2) is 0 Å². The molecule has 1 atom stereocenters. The van der Waals surface area contributed by atoms with Gasteiger partial charge in [0.05, 0.1) is 5.92 Å². The van der Waals surface area contributed by atoms with Crippen LogP contribution in [-0.4, -0.2) is 60.0 Å². The van der Waals surface area contributed by atoms with E-state index in [0.717, 1.165) is 52.2 Å². The molecule has 0 saturated carbocycles. The van der Waals surface area contributed by atoms with Crippen LogP contribution in [0.2, 0.25) is 0 Å². The molecule has 0 aromatic carbocycles. The molecule has 3 rings (SSSR count). The number of aromatic nitrogens is 1. The normalized spacial score (nSPS) is 24.0. The van der Waals surface area contributed by atoms with Crippen molar-refractivity contribution in [2.75, 3.05) is 39.3 Å². The van der Waals surface area contributed by atoms with E-state index in [2.05, 4.69) is 21.3 Å². The second-order valence-electron chi connectivity index (χ2n) is 5.65. The molecule has 108 valence electrons. The maximum absolute atomic E-state index is 12.3. The Hall–Kier alpha value is -1.46. The van der Waals surface area contributed by atoms with Gasteiger partial charge in [-0.2, -0.15) is 0 Å². The Labute approximate surface area is 120 Å². The van der Waals surface area contributed by atoms with E-state index in [0.29, 0.717) is 5.91 Å². The standard InChI is InChI=1S/C15H22N4O/c20-15(14-3-5-17-11-14)19-8-6-18(7-9-19)12-13-2-1-4-16-10-13/h1-2,4,10,14,17H,3,5-9,11-12H2. The van der Waals surface area contributed by atoms with Gasteiger partial charge in [0.2, 0.25) is 5.91 Å². The molecule has 0 aliphatic carbocycles. The number of rotatable bonds is 3. The summed E-state index contributed by atoms with van der Waals surface area (Å²) in [5, 5.41) is 3.27. The number of hydrogen-bond donors (Lipinski definition) is 1. The van der Waals surface area contributed by atoms with Crippen molar-refractivity contribution in [1.82, 2.24) is 20.1 Å². The van der Waals surface area contributed by atoms with E-state index in [9.17, 15) is 4.79 Å². The van der Waals surface area contributed by atoms with Crippen molar-refractivity contribution in [2.45, 2.75) is 13.0 Å². The summed E-state index contributed by atoms with van der Waals surface area (Å²) >= 11 is 0. The highest BCUT2D eigenvalue weighted by atomic mass is 16.2. The van der Waals surface area contributed by atoms with Crippen LogP contribution in [0.3, 0.4) is 0 Å². The Bertz CT molecular complexity index is 436. The van der Waals surface area contributed by atoms with Crippen LogP contribution in [0, 0.1) is 5.92 Å². The molecular formula is C15H22N4O.